The van der Waals surface area contributed by atoms with Crippen LogP contribution in [0.5, 0.6) is 0 Å². The number of hydrogen-bond donors (Lipinski definition) is 0. The minimum atomic E-state index is 0.908. The summed E-state index contributed by atoms with van der Waals surface area (Å²) in [5.74, 6) is 2.74. The SMILES string of the molecule is CCCCCCCCC(C)C(C)C(C)CCC. The Balaban J connectivity index is 3.53. The van der Waals surface area contributed by atoms with Crippen molar-refractivity contribution in [3.05, 3.63) is 0 Å². The minimum absolute atomic E-state index is 0.908. The van der Waals surface area contributed by atoms with Crippen LogP contribution in [-0.4, -0.2) is 0 Å². The fourth-order valence-electron chi connectivity index (χ4n) is 2.79. The maximum absolute atomic E-state index is 2.46. The maximum Gasteiger partial charge on any atom is -0.0391 e. The van der Waals surface area contributed by atoms with Crippen molar-refractivity contribution in [1.29, 1.82) is 0 Å². The molecule has 0 aliphatic carbocycles. The molecule has 0 saturated carbocycles. The smallest absolute Gasteiger partial charge is 0.0391 e. The van der Waals surface area contributed by atoms with Crippen molar-refractivity contribution < 1.29 is 0 Å². The summed E-state index contributed by atoms with van der Waals surface area (Å²) in [6.07, 6.45) is 12.8. The Morgan fingerprint density at radius 1 is 0.588 bits per heavy atom. The molecule has 3 atom stereocenters. The molecule has 0 bridgehead atoms. The summed E-state index contributed by atoms with van der Waals surface area (Å²) in [5, 5.41) is 0. The topological polar surface area (TPSA) is 0 Å². The van der Waals surface area contributed by atoms with Gasteiger partial charge in [0, 0.05) is 0 Å². The lowest BCUT2D eigenvalue weighted by Crippen LogP contribution is -2.16. The van der Waals surface area contributed by atoms with Gasteiger partial charge in [-0.25, -0.2) is 0 Å². The van der Waals surface area contributed by atoms with Crippen molar-refractivity contribution in [2.75, 3.05) is 0 Å². The number of hydrogen-bond acceptors (Lipinski definition) is 0. The third-order valence-corrected chi connectivity index (χ3v) is 4.55. The molecule has 3 unspecified atom stereocenters. The van der Waals surface area contributed by atoms with Gasteiger partial charge in [-0.05, 0) is 17.8 Å². The fourth-order valence-corrected chi connectivity index (χ4v) is 2.79. The van der Waals surface area contributed by atoms with E-state index in [4.69, 9.17) is 0 Å². The van der Waals surface area contributed by atoms with Crippen LogP contribution in [0.2, 0.25) is 0 Å². The lowest BCUT2D eigenvalue weighted by molar-refractivity contribution is 0.248. The summed E-state index contributed by atoms with van der Waals surface area (Å²) < 4.78 is 0. The summed E-state index contributed by atoms with van der Waals surface area (Å²) in [4.78, 5) is 0. The predicted octanol–water partition coefficient (Wildman–Crippen LogP) is 6.45. The average Bonchev–Trinajstić information content (AvgIpc) is 2.32. The molecule has 104 valence electrons. The highest BCUT2D eigenvalue weighted by Gasteiger charge is 2.17. The van der Waals surface area contributed by atoms with Gasteiger partial charge in [-0.3, -0.25) is 0 Å². The Morgan fingerprint density at radius 2 is 1.12 bits per heavy atom. The molecule has 0 aliphatic heterocycles. The molecule has 0 spiro atoms. The van der Waals surface area contributed by atoms with Gasteiger partial charge in [0.15, 0.2) is 0 Å². The van der Waals surface area contributed by atoms with Gasteiger partial charge in [0.1, 0.15) is 0 Å². The van der Waals surface area contributed by atoms with Gasteiger partial charge in [0.05, 0.1) is 0 Å². The van der Waals surface area contributed by atoms with E-state index in [-0.39, 0.29) is 0 Å². The molecule has 0 amide bonds. The molecule has 0 radical (unpaired) electrons. The predicted molar refractivity (Wildman–Crippen MR) is 80.4 cm³/mol. The fraction of sp³-hybridized carbons (Fsp3) is 1.00. The van der Waals surface area contributed by atoms with Gasteiger partial charge >= 0.3 is 0 Å². The molecule has 0 N–H and O–H groups in total. The molecule has 0 heterocycles. The molecule has 0 aromatic heterocycles. The summed E-state index contributed by atoms with van der Waals surface area (Å²) in [5.41, 5.74) is 0. The lowest BCUT2D eigenvalue weighted by Gasteiger charge is -2.26. The van der Waals surface area contributed by atoms with Gasteiger partial charge in [-0.2, -0.15) is 0 Å². The molecule has 0 heteroatoms. The highest BCUT2D eigenvalue weighted by molar-refractivity contribution is 4.68. The van der Waals surface area contributed by atoms with Crippen molar-refractivity contribution in [3.8, 4) is 0 Å². The van der Waals surface area contributed by atoms with E-state index in [0.717, 1.165) is 17.8 Å². The standard InChI is InChI=1S/C17H36/c1-6-8-9-10-11-12-14-16(4)17(5)15(3)13-7-2/h15-17H,6-14H2,1-5H3. The molecule has 0 nitrogen and oxygen atoms in total. The van der Waals surface area contributed by atoms with Crippen LogP contribution < -0.4 is 0 Å². The average molecular weight is 240 g/mol. The van der Waals surface area contributed by atoms with Crippen LogP contribution in [0, 0.1) is 17.8 Å². The van der Waals surface area contributed by atoms with Crippen LogP contribution in [0.25, 0.3) is 0 Å². The number of unbranched alkanes of at least 4 members (excludes halogenated alkanes) is 5. The largest absolute Gasteiger partial charge is 0.0654 e. The van der Waals surface area contributed by atoms with E-state index in [2.05, 4.69) is 34.6 Å². The second-order valence-corrected chi connectivity index (χ2v) is 6.16. The molecule has 0 fully saturated rings. The zero-order valence-electron chi connectivity index (χ0n) is 13.1. The maximum atomic E-state index is 2.46. The van der Waals surface area contributed by atoms with Crippen molar-refractivity contribution in [2.45, 2.75) is 92.4 Å². The third-order valence-electron chi connectivity index (χ3n) is 4.55. The van der Waals surface area contributed by atoms with E-state index >= 15 is 0 Å². The van der Waals surface area contributed by atoms with Crippen LogP contribution in [0.3, 0.4) is 0 Å². The van der Waals surface area contributed by atoms with E-state index in [1.807, 2.05) is 0 Å². The quantitative estimate of drug-likeness (QED) is 0.364. The monoisotopic (exact) mass is 240 g/mol. The molecule has 0 aromatic carbocycles. The third kappa shape index (κ3) is 8.69. The zero-order valence-corrected chi connectivity index (χ0v) is 13.1. The number of rotatable bonds is 11. The van der Waals surface area contributed by atoms with Crippen LogP contribution in [0.4, 0.5) is 0 Å². The Kier molecular flexibility index (Phi) is 11.1. The first kappa shape index (κ1) is 17.0. The molecule has 0 rings (SSSR count). The van der Waals surface area contributed by atoms with Gasteiger partial charge in [0.25, 0.3) is 0 Å². The Bertz CT molecular complexity index is 150. The Labute approximate surface area is 111 Å². The first-order valence-corrected chi connectivity index (χ1v) is 8.13. The van der Waals surface area contributed by atoms with Crippen LogP contribution in [-0.2, 0) is 0 Å². The molecular formula is C17H36. The van der Waals surface area contributed by atoms with Gasteiger partial charge < -0.3 is 0 Å². The van der Waals surface area contributed by atoms with Crippen LogP contribution >= 0.6 is 0 Å². The normalized spacial score (nSPS) is 16.8. The Hall–Kier alpha value is 0. The molecule has 0 saturated heterocycles. The second kappa shape index (κ2) is 11.1. The summed E-state index contributed by atoms with van der Waals surface area (Å²) in [6, 6.07) is 0. The first-order chi connectivity index (χ1) is 8.13. The molecule has 0 aromatic rings. The van der Waals surface area contributed by atoms with Crippen molar-refractivity contribution >= 4 is 0 Å². The van der Waals surface area contributed by atoms with E-state index in [9.17, 15) is 0 Å². The van der Waals surface area contributed by atoms with Gasteiger partial charge in [0.2, 0.25) is 0 Å². The first-order valence-electron chi connectivity index (χ1n) is 8.13. The molecular weight excluding hydrogens is 204 g/mol. The lowest BCUT2D eigenvalue weighted by atomic mass is 9.80. The van der Waals surface area contributed by atoms with Gasteiger partial charge in [-0.1, -0.05) is 92.4 Å². The van der Waals surface area contributed by atoms with E-state index in [1.165, 1.54) is 57.8 Å². The summed E-state index contributed by atoms with van der Waals surface area (Å²) in [7, 11) is 0. The van der Waals surface area contributed by atoms with E-state index < -0.39 is 0 Å². The zero-order chi connectivity index (χ0) is 13.1. The minimum Gasteiger partial charge on any atom is -0.0654 e. The summed E-state index contributed by atoms with van der Waals surface area (Å²) in [6.45, 7) is 12.0. The van der Waals surface area contributed by atoms with E-state index in [0.29, 0.717) is 0 Å². The highest BCUT2D eigenvalue weighted by atomic mass is 14.2. The van der Waals surface area contributed by atoms with Crippen molar-refractivity contribution in [1.82, 2.24) is 0 Å². The van der Waals surface area contributed by atoms with E-state index in [1.54, 1.807) is 0 Å². The highest BCUT2D eigenvalue weighted by Crippen LogP contribution is 2.28. The molecule has 17 heavy (non-hydrogen) atoms. The second-order valence-electron chi connectivity index (χ2n) is 6.16. The van der Waals surface area contributed by atoms with Crippen molar-refractivity contribution in [2.24, 2.45) is 17.8 Å². The van der Waals surface area contributed by atoms with Crippen LogP contribution in [0.1, 0.15) is 92.4 Å². The molecule has 0 aliphatic rings. The van der Waals surface area contributed by atoms with Gasteiger partial charge in [-0.15, -0.1) is 0 Å². The summed E-state index contributed by atoms with van der Waals surface area (Å²) >= 11 is 0. The van der Waals surface area contributed by atoms with Crippen molar-refractivity contribution in [3.63, 3.8) is 0 Å². The Morgan fingerprint density at radius 3 is 1.71 bits per heavy atom. The van der Waals surface area contributed by atoms with Crippen LogP contribution in [0.15, 0.2) is 0 Å².